The van der Waals surface area contributed by atoms with E-state index in [1.54, 1.807) is 19.2 Å². The second kappa shape index (κ2) is 10.0. The summed E-state index contributed by atoms with van der Waals surface area (Å²) in [6.45, 7) is 5.22. The van der Waals surface area contributed by atoms with Crippen LogP contribution in [0.3, 0.4) is 0 Å². The van der Waals surface area contributed by atoms with E-state index in [4.69, 9.17) is 9.47 Å². The minimum absolute atomic E-state index is 0.596. The van der Waals surface area contributed by atoms with Gasteiger partial charge in [-0.05, 0) is 80.1 Å². The van der Waals surface area contributed by atoms with Gasteiger partial charge in [-0.3, -0.25) is 4.90 Å². The van der Waals surface area contributed by atoms with E-state index in [-0.39, 0.29) is 0 Å². The van der Waals surface area contributed by atoms with Crippen LogP contribution in [0.2, 0.25) is 0 Å². The minimum atomic E-state index is -4.28. The van der Waals surface area contributed by atoms with Crippen molar-refractivity contribution in [2.75, 3.05) is 51.3 Å². The zero-order valence-electron chi connectivity index (χ0n) is 18.6. The van der Waals surface area contributed by atoms with Crippen molar-refractivity contribution in [3.05, 3.63) is 53.1 Å². The molecule has 1 saturated heterocycles. The van der Waals surface area contributed by atoms with Crippen LogP contribution in [0.25, 0.3) is 0 Å². The molecule has 0 unspecified atom stereocenters. The monoisotopic (exact) mass is 448 g/mol. The molecule has 2 aromatic rings. The SMILES string of the molecule is COc1cc2c(c(OCCCCN3CCN(c4ccc(C(F)(F)F)cc4)CC3)c1)CCC2. The molecule has 1 aliphatic carbocycles. The summed E-state index contributed by atoms with van der Waals surface area (Å²) in [7, 11) is 1.69. The van der Waals surface area contributed by atoms with Gasteiger partial charge in [-0.2, -0.15) is 13.2 Å². The van der Waals surface area contributed by atoms with Crippen LogP contribution in [-0.2, 0) is 19.0 Å². The fraction of sp³-hybridized carbons (Fsp3) is 0.520. The van der Waals surface area contributed by atoms with Gasteiger partial charge in [0.2, 0.25) is 0 Å². The van der Waals surface area contributed by atoms with Gasteiger partial charge in [-0.25, -0.2) is 0 Å². The largest absolute Gasteiger partial charge is 0.497 e. The lowest BCUT2D eigenvalue weighted by Crippen LogP contribution is -2.46. The summed E-state index contributed by atoms with van der Waals surface area (Å²) >= 11 is 0. The Hall–Kier alpha value is -2.41. The number of fused-ring (bicyclic) bond motifs is 1. The molecule has 0 atom stereocenters. The molecule has 7 heteroatoms. The van der Waals surface area contributed by atoms with Crippen molar-refractivity contribution < 1.29 is 22.6 Å². The first kappa shape index (κ1) is 22.8. The Balaban J connectivity index is 1.17. The van der Waals surface area contributed by atoms with Gasteiger partial charge in [-0.1, -0.05) is 0 Å². The Morgan fingerprint density at radius 2 is 1.69 bits per heavy atom. The first-order chi connectivity index (χ1) is 15.4. The van der Waals surface area contributed by atoms with Crippen molar-refractivity contribution in [1.82, 2.24) is 4.90 Å². The summed E-state index contributed by atoms with van der Waals surface area (Å²) in [6.07, 6.45) is 1.13. The predicted molar refractivity (Wildman–Crippen MR) is 120 cm³/mol. The van der Waals surface area contributed by atoms with E-state index < -0.39 is 11.7 Å². The number of nitrogens with zero attached hydrogens (tertiary/aromatic N) is 2. The third-order valence-corrected chi connectivity index (χ3v) is 6.44. The first-order valence-electron chi connectivity index (χ1n) is 11.4. The molecule has 0 spiro atoms. The number of unbranched alkanes of at least 4 members (excludes halogenated alkanes) is 1. The lowest BCUT2D eigenvalue weighted by atomic mass is 10.1. The summed E-state index contributed by atoms with van der Waals surface area (Å²) in [5.41, 5.74) is 2.95. The van der Waals surface area contributed by atoms with Crippen LogP contribution in [0.5, 0.6) is 11.5 Å². The minimum Gasteiger partial charge on any atom is -0.497 e. The first-order valence-corrected chi connectivity index (χ1v) is 11.4. The van der Waals surface area contributed by atoms with Crippen LogP contribution in [0.1, 0.15) is 36.0 Å². The molecule has 0 radical (unpaired) electrons. The van der Waals surface area contributed by atoms with Gasteiger partial charge >= 0.3 is 6.18 Å². The van der Waals surface area contributed by atoms with E-state index >= 15 is 0 Å². The molecule has 32 heavy (non-hydrogen) atoms. The molecule has 0 N–H and O–H groups in total. The van der Waals surface area contributed by atoms with Crippen LogP contribution in [0, 0.1) is 0 Å². The molecule has 1 aliphatic heterocycles. The molecular weight excluding hydrogens is 417 g/mol. The quantitative estimate of drug-likeness (QED) is 0.520. The van der Waals surface area contributed by atoms with Crippen LogP contribution < -0.4 is 14.4 Å². The maximum absolute atomic E-state index is 12.7. The Morgan fingerprint density at radius 3 is 2.38 bits per heavy atom. The van der Waals surface area contributed by atoms with E-state index in [1.807, 2.05) is 6.07 Å². The number of anilines is 1. The van der Waals surface area contributed by atoms with Gasteiger partial charge in [0, 0.05) is 37.9 Å². The molecule has 4 rings (SSSR count). The van der Waals surface area contributed by atoms with Gasteiger partial charge in [0.05, 0.1) is 19.3 Å². The maximum atomic E-state index is 12.7. The van der Waals surface area contributed by atoms with Gasteiger partial charge in [0.15, 0.2) is 0 Å². The fourth-order valence-corrected chi connectivity index (χ4v) is 4.59. The highest BCUT2D eigenvalue weighted by Crippen LogP contribution is 2.35. The number of piperazine rings is 1. The number of hydrogen-bond donors (Lipinski definition) is 0. The highest BCUT2D eigenvalue weighted by Gasteiger charge is 2.30. The van der Waals surface area contributed by atoms with Crippen molar-refractivity contribution >= 4 is 5.69 Å². The highest BCUT2D eigenvalue weighted by molar-refractivity contribution is 5.49. The van der Waals surface area contributed by atoms with Gasteiger partial charge in [0.1, 0.15) is 11.5 Å². The van der Waals surface area contributed by atoms with Crippen molar-refractivity contribution in [1.29, 1.82) is 0 Å². The molecule has 0 aromatic heterocycles. The number of ether oxygens (including phenoxy) is 2. The van der Waals surface area contributed by atoms with E-state index in [2.05, 4.69) is 15.9 Å². The van der Waals surface area contributed by atoms with Crippen LogP contribution >= 0.6 is 0 Å². The standard InChI is InChI=1S/C25H31F3N2O2/c1-31-22-17-19-5-4-6-23(19)24(18-22)32-16-3-2-11-29-12-14-30(15-13-29)21-9-7-20(8-10-21)25(26,27)28/h7-10,17-18H,2-6,11-16H2,1H3. The average Bonchev–Trinajstić information content (AvgIpc) is 3.27. The molecule has 2 aromatic carbocycles. The summed E-state index contributed by atoms with van der Waals surface area (Å²) in [5.74, 6) is 1.84. The highest BCUT2D eigenvalue weighted by atomic mass is 19.4. The van der Waals surface area contributed by atoms with Crippen molar-refractivity contribution in [3.63, 3.8) is 0 Å². The van der Waals surface area contributed by atoms with Crippen molar-refractivity contribution in [2.45, 2.75) is 38.3 Å². The zero-order valence-corrected chi connectivity index (χ0v) is 18.6. The number of halogens is 3. The number of alkyl halides is 3. The maximum Gasteiger partial charge on any atom is 0.416 e. The Bertz CT molecular complexity index is 891. The van der Waals surface area contributed by atoms with E-state index in [1.165, 1.54) is 29.7 Å². The van der Waals surface area contributed by atoms with E-state index in [0.29, 0.717) is 6.61 Å². The molecule has 0 bridgehead atoms. The molecule has 0 amide bonds. The molecular formula is C25H31F3N2O2. The van der Waals surface area contributed by atoms with E-state index in [0.717, 1.165) is 75.6 Å². The molecule has 174 valence electrons. The zero-order chi connectivity index (χ0) is 22.6. The number of methoxy groups -OCH3 is 1. The van der Waals surface area contributed by atoms with Crippen molar-refractivity contribution in [3.8, 4) is 11.5 Å². The Kier molecular flexibility index (Phi) is 7.13. The summed E-state index contributed by atoms with van der Waals surface area (Å²) in [6, 6.07) is 9.61. The van der Waals surface area contributed by atoms with Gasteiger partial charge in [0.25, 0.3) is 0 Å². The predicted octanol–water partition coefficient (Wildman–Crippen LogP) is 5.18. The number of hydrogen-bond acceptors (Lipinski definition) is 4. The third-order valence-electron chi connectivity index (χ3n) is 6.44. The lowest BCUT2D eigenvalue weighted by Gasteiger charge is -2.36. The van der Waals surface area contributed by atoms with Gasteiger partial charge < -0.3 is 14.4 Å². The van der Waals surface area contributed by atoms with Crippen LogP contribution in [-0.4, -0.2) is 51.3 Å². The Morgan fingerprint density at radius 1 is 0.938 bits per heavy atom. The normalized spacial score (nSPS) is 16.8. The summed E-state index contributed by atoms with van der Waals surface area (Å²) in [4.78, 5) is 4.58. The smallest absolute Gasteiger partial charge is 0.416 e. The number of aryl methyl sites for hydroxylation is 1. The van der Waals surface area contributed by atoms with Crippen LogP contribution in [0.4, 0.5) is 18.9 Å². The summed E-state index contributed by atoms with van der Waals surface area (Å²) < 4.78 is 49.7. The summed E-state index contributed by atoms with van der Waals surface area (Å²) in [5, 5.41) is 0. The molecule has 0 saturated carbocycles. The third kappa shape index (κ3) is 5.49. The number of rotatable bonds is 8. The number of benzene rings is 2. The van der Waals surface area contributed by atoms with E-state index in [9.17, 15) is 13.2 Å². The molecule has 1 fully saturated rings. The molecule has 4 nitrogen and oxygen atoms in total. The second-order valence-electron chi connectivity index (χ2n) is 8.55. The second-order valence-corrected chi connectivity index (χ2v) is 8.55. The van der Waals surface area contributed by atoms with Crippen molar-refractivity contribution in [2.24, 2.45) is 0 Å². The van der Waals surface area contributed by atoms with Gasteiger partial charge in [-0.15, -0.1) is 0 Å². The molecule has 1 heterocycles. The molecule has 2 aliphatic rings. The topological polar surface area (TPSA) is 24.9 Å². The lowest BCUT2D eigenvalue weighted by molar-refractivity contribution is -0.137. The average molecular weight is 449 g/mol. The van der Waals surface area contributed by atoms with Crippen LogP contribution in [0.15, 0.2) is 36.4 Å². The Labute approximate surface area is 187 Å². The fourth-order valence-electron chi connectivity index (χ4n) is 4.59.